The lowest BCUT2D eigenvalue weighted by molar-refractivity contribution is -0.167. The molecule has 6 nitrogen and oxygen atoms in total. The summed E-state index contributed by atoms with van der Waals surface area (Å²) in [7, 11) is 0. The summed E-state index contributed by atoms with van der Waals surface area (Å²) in [6.07, 6.45) is 87.0. The first-order valence-electron chi connectivity index (χ1n) is 34.8. The Labute approximate surface area is 491 Å². The van der Waals surface area contributed by atoms with Crippen molar-refractivity contribution in [3.63, 3.8) is 0 Å². The Balaban J connectivity index is 4.10. The number of rotatable bonds is 64. The Morgan fingerprint density at radius 1 is 0.266 bits per heavy atom. The first-order valence-corrected chi connectivity index (χ1v) is 34.8. The van der Waals surface area contributed by atoms with Gasteiger partial charge in [0.2, 0.25) is 0 Å². The topological polar surface area (TPSA) is 78.9 Å². The Bertz CT molecular complexity index is 1410. The van der Waals surface area contributed by atoms with Crippen LogP contribution in [0, 0.1) is 0 Å². The molecular formula is C73H132O6. The highest BCUT2D eigenvalue weighted by Crippen LogP contribution is 2.18. The van der Waals surface area contributed by atoms with Crippen LogP contribution < -0.4 is 0 Å². The molecule has 0 heterocycles. The van der Waals surface area contributed by atoms with Gasteiger partial charge in [-0.05, 0) is 83.5 Å². The summed E-state index contributed by atoms with van der Waals surface area (Å²) >= 11 is 0. The molecule has 0 aliphatic carbocycles. The Morgan fingerprint density at radius 3 is 0.785 bits per heavy atom. The number of allylic oxidation sites excluding steroid dienone is 10. The van der Waals surface area contributed by atoms with E-state index in [9.17, 15) is 14.4 Å². The maximum absolute atomic E-state index is 12.9. The van der Waals surface area contributed by atoms with Crippen molar-refractivity contribution in [2.24, 2.45) is 0 Å². The molecule has 0 aromatic heterocycles. The van der Waals surface area contributed by atoms with Gasteiger partial charge in [0.1, 0.15) is 13.2 Å². The fraction of sp³-hybridized carbons (Fsp3) is 0.822. The lowest BCUT2D eigenvalue weighted by Crippen LogP contribution is -2.30. The van der Waals surface area contributed by atoms with Crippen LogP contribution in [0.15, 0.2) is 60.8 Å². The van der Waals surface area contributed by atoms with Crippen molar-refractivity contribution in [3.8, 4) is 0 Å². The molecule has 0 saturated heterocycles. The van der Waals surface area contributed by atoms with Crippen LogP contribution in [-0.2, 0) is 28.6 Å². The fourth-order valence-electron chi connectivity index (χ4n) is 10.3. The molecule has 0 aromatic carbocycles. The van der Waals surface area contributed by atoms with E-state index in [-0.39, 0.29) is 31.1 Å². The van der Waals surface area contributed by atoms with Crippen LogP contribution in [0.2, 0.25) is 0 Å². The molecule has 1 atom stereocenters. The van der Waals surface area contributed by atoms with Crippen LogP contribution in [-0.4, -0.2) is 37.2 Å². The molecule has 0 amide bonds. The highest BCUT2D eigenvalue weighted by molar-refractivity contribution is 5.71. The van der Waals surface area contributed by atoms with Crippen LogP contribution in [0.4, 0.5) is 0 Å². The molecule has 0 rings (SSSR count). The van der Waals surface area contributed by atoms with Crippen molar-refractivity contribution in [2.45, 2.75) is 374 Å². The highest BCUT2D eigenvalue weighted by atomic mass is 16.6. The van der Waals surface area contributed by atoms with Crippen molar-refractivity contribution in [1.29, 1.82) is 0 Å². The number of carbonyl (C=O) groups is 3. The van der Waals surface area contributed by atoms with Crippen molar-refractivity contribution < 1.29 is 28.6 Å². The first kappa shape index (κ1) is 76.1. The third kappa shape index (κ3) is 65.8. The lowest BCUT2D eigenvalue weighted by Gasteiger charge is -2.18. The Morgan fingerprint density at radius 2 is 0.494 bits per heavy atom. The molecule has 0 spiro atoms. The maximum Gasteiger partial charge on any atom is 0.306 e. The molecule has 0 bridgehead atoms. The van der Waals surface area contributed by atoms with Gasteiger partial charge < -0.3 is 14.2 Å². The van der Waals surface area contributed by atoms with Crippen LogP contribution in [0.25, 0.3) is 0 Å². The largest absolute Gasteiger partial charge is 0.462 e. The minimum absolute atomic E-state index is 0.0799. The summed E-state index contributed by atoms with van der Waals surface area (Å²) < 4.78 is 16.9. The molecule has 0 fully saturated rings. The molecule has 0 N–H and O–H groups in total. The molecule has 6 heteroatoms. The number of hydrogen-bond donors (Lipinski definition) is 0. The molecule has 0 radical (unpaired) electrons. The number of esters is 3. The second-order valence-electron chi connectivity index (χ2n) is 23.4. The van der Waals surface area contributed by atoms with E-state index >= 15 is 0 Å². The summed E-state index contributed by atoms with van der Waals surface area (Å²) in [6.45, 7) is 6.55. The standard InChI is InChI=1S/C73H132O6/c1-4-7-10-13-16-19-22-24-26-28-29-30-31-32-33-34-35-36-37-38-39-40-41-42-43-45-46-48-51-54-57-60-63-66-72(75)78-69-70(68-77-71(74)65-62-59-56-53-50-21-18-15-12-9-6-3)79-73(76)67-64-61-58-55-52-49-47-44-27-25-23-20-17-14-11-8-5-2/h8,11,17,20,25,27-29,47,49,70H,4-7,9-10,12-16,18-19,21-24,26,30-46,48,50-69H2,1-3H3/b11-8-,20-17-,27-25-,29-28-,49-47-. The normalized spacial score (nSPS) is 12.4. The predicted molar refractivity (Wildman–Crippen MR) is 344 cm³/mol. The van der Waals surface area contributed by atoms with Crippen molar-refractivity contribution >= 4 is 17.9 Å². The fourth-order valence-corrected chi connectivity index (χ4v) is 10.3. The quantitative estimate of drug-likeness (QED) is 0.0261. The van der Waals surface area contributed by atoms with E-state index < -0.39 is 6.10 Å². The second kappa shape index (κ2) is 67.6. The molecular weight excluding hydrogens is 973 g/mol. The zero-order valence-electron chi connectivity index (χ0n) is 52.9. The number of ether oxygens (including phenoxy) is 3. The van der Waals surface area contributed by atoms with Gasteiger partial charge >= 0.3 is 17.9 Å². The molecule has 0 aliphatic heterocycles. The van der Waals surface area contributed by atoms with Crippen molar-refractivity contribution in [3.05, 3.63) is 60.8 Å². The van der Waals surface area contributed by atoms with E-state index in [4.69, 9.17) is 14.2 Å². The molecule has 0 saturated carbocycles. The van der Waals surface area contributed by atoms with E-state index in [1.165, 1.54) is 231 Å². The molecule has 79 heavy (non-hydrogen) atoms. The van der Waals surface area contributed by atoms with Crippen LogP contribution in [0.3, 0.4) is 0 Å². The average Bonchev–Trinajstić information content (AvgIpc) is 3.45. The summed E-state index contributed by atoms with van der Waals surface area (Å²) in [5, 5.41) is 0. The van der Waals surface area contributed by atoms with Crippen LogP contribution in [0.5, 0.6) is 0 Å². The van der Waals surface area contributed by atoms with Gasteiger partial charge in [-0.1, -0.05) is 326 Å². The first-order chi connectivity index (χ1) is 39.0. The third-order valence-corrected chi connectivity index (χ3v) is 15.5. The summed E-state index contributed by atoms with van der Waals surface area (Å²) in [5.41, 5.74) is 0. The van der Waals surface area contributed by atoms with Gasteiger partial charge in [0, 0.05) is 19.3 Å². The molecule has 0 aromatic rings. The Hall–Kier alpha value is -2.89. The van der Waals surface area contributed by atoms with E-state index in [1.807, 2.05) is 0 Å². The number of carbonyl (C=O) groups excluding carboxylic acids is 3. The number of hydrogen-bond acceptors (Lipinski definition) is 6. The number of unbranched alkanes of at least 4 members (excludes halogenated alkanes) is 43. The van der Waals surface area contributed by atoms with Crippen LogP contribution in [0.1, 0.15) is 367 Å². The molecule has 1 unspecified atom stereocenters. The zero-order valence-corrected chi connectivity index (χ0v) is 52.9. The predicted octanol–water partition coefficient (Wildman–Crippen LogP) is 23.9. The van der Waals surface area contributed by atoms with Gasteiger partial charge in [0.25, 0.3) is 0 Å². The van der Waals surface area contributed by atoms with E-state index in [2.05, 4.69) is 81.5 Å². The van der Waals surface area contributed by atoms with Gasteiger partial charge in [-0.25, -0.2) is 0 Å². The smallest absolute Gasteiger partial charge is 0.306 e. The minimum atomic E-state index is -0.785. The summed E-state index contributed by atoms with van der Waals surface area (Å²) in [4.78, 5) is 38.3. The molecule has 0 aliphatic rings. The summed E-state index contributed by atoms with van der Waals surface area (Å²) in [6, 6.07) is 0. The zero-order chi connectivity index (χ0) is 57.1. The van der Waals surface area contributed by atoms with Crippen molar-refractivity contribution in [2.75, 3.05) is 13.2 Å². The highest BCUT2D eigenvalue weighted by Gasteiger charge is 2.19. The Kier molecular flexibility index (Phi) is 65.1. The maximum atomic E-state index is 12.9. The summed E-state index contributed by atoms with van der Waals surface area (Å²) in [5.74, 6) is -0.885. The lowest BCUT2D eigenvalue weighted by atomic mass is 10.0. The van der Waals surface area contributed by atoms with Gasteiger partial charge in [-0.15, -0.1) is 0 Å². The van der Waals surface area contributed by atoms with Crippen molar-refractivity contribution in [1.82, 2.24) is 0 Å². The minimum Gasteiger partial charge on any atom is -0.462 e. The van der Waals surface area contributed by atoms with Crippen LogP contribution >= 0.6 is 0 Å². The molecule has 460 valence electrons. The van der Waals surface area contributed by atoms with E-state index in [0.717, 1.165) is 96.3 Å². The van der Waals surface area contributed by atoms with E-state index in [0.29, 0.717) is 19.3 Å². The van der Waals surface area contributed by atoms with Gasteiger partial charge in [0.15, 0.2) is 6.10 Å². The van der Waals surface area contributed by atoms with Gasteiger partial charge in [0.05, 0.1) is 0 Å². The van der Waals surface area contributed by atoms with Gasteiger partial charge in [-0.3, -0.25) is 14.4 Å². The average molecular weight is 1110 g/mol. The van der Waals surface area contributed by atoms with Gasteiger partial charge in [-0.2, -0.15) is 0 Å². The van der Waals surface area contributed by atoms with E-state index in [1.54, 1.807) is 0 Å². The second-order valence-corrected chi connectivity index (χ2v) is 23.4. The third-order valence-electron chi connectivity index (χ3n) is 15.5. The SMILES string of the molecule is CC/C=C\C/C=C\C/C=C\C/C=C\CCCCCCC(=O)OC(COC(=O)CCCCCCCCCCCCC)COC(=O)CCCCCCCCCCCCCCCCCCCCCCC/C=C\CCCCCCCCCC. The monoisotopic (exact) mass is 1110 g/mol.